The summed E-state index contributed by atoms with van der Waals surface area (Å²) in [6, 6.07) is 14.0. The first-order valence-corrected chi connectivity index (χ1v) is 11.8. The van der Waals surface area contributed by atoms with E-state index < -0.39 is 6.04 Å². The number of carbonyl (C=O) groups is 3. The summed E-state index contributed by atoms with van der Waals surface area (Å²) in [7, 11) is 0. The number of hydrogen-bond acceptors (Lipinski definition) is 5. The van der Waals surface area contributed by atoms with Gasteiger partial charge in [0.25, 0.3) is 5.91 Å². The van der Waals surface area contributed by atoms with E-state index in [-0.39, 0.29) is 24.1 Å². The number of hydrogen-bond donors (Lipinski definition) is 2. The number of amides is 3. The number of rotatable bonds is 5. The molecule has 3 amide bonds. The minimum absolute atomic E-state index is 0.110. The molecule has 3 N–H and O–H groups in total. The highest BCUT2D eigenvalue weighted by Gasteiger charge is 2.39. The van der Waals surface area contributed by atoms with Gasteiger partial charge in [-0.1, -0.05) is 36.4 Å². The zero-order valence-corrected chi connectivity index (χ0v) is 18.8. The lowest BCUT2D eigenvalue weighted by Gasteiger charge is -2.33. The van der Waals surface area contributed by atoms with Crippen molar-refractivity contribution in [2.75, 3.05) is 13.1 Å². The van der Waals surface area contributed by atoms with Gasteiger partial charge in [-0.25, -0.2) is 0 Å². The maximum atomic E-state index is 13.1. The minimum Gasteiger partial charge on any atom is -0.326 e. The second-order valence-corrected chi connectivity index (χ2v) is 9.34. The van der Waals surface area contributed by atoms with Crippen molar-refractivity contribution >= 4 is 17.7 Å². The summed E-state index contributed by atoms with van der Waals surface area (Å²) >= 11 is 0. The molecular weight excluding hydrogens is 416 g/mol. The molecule has 5 rings (SSSR count). The molecule has 33 heavy (non-hydrogen) atoms. The van der Waals surface area contributed by atoms with Crippen molar-refractivity contribution in [2.24, 2.45) is 5.73 Å². The van der Waals surface area contributed by atoms with E-state index in [2.05, 4.69) is 40.5 Å². The Bertz CT molecular complexity index is 1070. The van der Waals surface area contributed by atoms with Crippen LogP contribution in [0.3, 0.4) is 0 Å². The molecule has 0 radical (unpaired) electrons. The predicted molar refractivity (Wildman–Crippen MR) is 124 cm³/mol. The zero-order chi connectivity index (χ0) is 22.9. The molecule has 2 aromatic carbocycles. The van der Waals surface area contributed by atoms with Gasteiger partial charge in [0.05, 0.1) is 0 Å². The topological polar surface area (TPSA) is 95.7 Å². The molecule has 3 aliphatic rings. The third-order valence-electron chi connectivity index (χ3n) is 7.35. The van der Waals surface area contributed by atoms with Crippen LogP contribution in [0.2, 0.25) is 0 Å². The third-order valence-corrected chi connectivity index (χ3v) is 7.35. The molecule has 2 aromatic rings. The molecule has 1 unspecified atom stereocenters. The van der Waals surface area contributed by atoms with Crippen molar-refractivity contribution in [3.05, 3.63) is 70.3 Å². The number of nitrogens with zero attached hydrogens (tertiary/aromatic N) is 2. The Labute approximate surface area is 193 Å². The number of nitrogens with two attached hydrogens (primary N) is 1. The van der Waals surface area contributed by atoms with Gasteiger partial charge in [-0.05, 0) is 66.6 Å². The number of fused-ring (bicyclic) bond motifs is 1. The normalized spacial score (nSPS) is 21.9. The lowest BCUT2D eigenvalue weighted by Crippen LogP contribution is -2.52. The monoisotopic (exact) mass is 446 g/mol. The van der Waals surface area contributed by atoms with Crippen LogP contribution in [0, 0.1) is 0 Å². The number of imide groups is 1. The summed E-state index contributed by atoms with van der Waals surface area (Å²) in [6.07, 6.45) is 2.88. The van der Waals surface area contributed by atoms with E-state index >= 15 is 0 Å². The van der Waals surface area contributed by atoms with Crippen molar-refractivity contribution in [3.63, 3.8) is 0 Å². The van der Waals surface area contributed by atoms with Gasteiger partial charge < -0.3 is 10.6 Å². The van der Waals surface area contributed by atoms with Gasteiger partial charge in [-0.2, -0.15) is 0 Å². The van der Waals surface area contributed by atoms with E-state index in [0.29, 0.717) is 31.0 Å². The average Bonchev–Trinajstić information content (AvgIpc) is 3.17. The van der Waals surface area contributed by atoms with Crippen LogP contribution in [0.5, 0.6) is 0 Å². The van der Waals surface area contributed by atoms with Crippen molar-refractivity contribution in [2.45, 2.75) is 57.3 Å². The third kappa shape index (κ3) is 4.30. The molecule has 2 saturated heterocycles. The van der Waals surface area contributed by atoms with Crippen LogP contribution >= 0.6 is 0 Å². The Balaban J connectivity index is 1.24. The number of piperidine rings is 2. The Morgan fingerprint density at radius 1 is 0.970 bits per heavy atom. The fraction of sp³-hybridized carbons (Fsp3) is 0.423. The first kappa shape index (κ1) is 21.8. The smallest absolute Gasteiger partial charge is 0.255 e. The summed E-state index contributed by atoms with van der Waals surface area (Å²) in [4.78, 5) is 41.0. The molecule has 1 atom stereocenters. The highest BCUT2D eigenvalue weighted by Crippen LogP contribution is 2.32. The molecule has 0 bridgehead atoms. The standard InChI is InChI=1S/C26H30N4O3/c27-14-17-4-6-18(7-5-17)19-10-12-29(13-11-19)15-20-2-1-3-21-22(20)16-30(26(21)33)23-8-9-24(31)28-25(23)32/h1-7,19,23H,8-16,27H2,(H,28,31,32). The van der Waals surface area contributed by atoms with Crippen LogP contribution in [0.25, 0.3) is 0 Å². The maximum Gasteiger partial charge on any atom is 0.255 e. The quantitative estimate of drug-likeness (QED) is 0.687. The summed E-state index contributed by atoms with van der Waals surface area (Å²) in [5.74, 6) is -0.171. The second kappa shape index (κ2) is 9.08. The Morgan fingerprint density at radius 3 is 2.42 bits per heavy atom. The van der Waals surface area contributed by atoms with Crippen LogP contribution in [-0.2, 0) is 29.2 Å². The van der Waals surface area contributed by atoms with Crippen LogP contribution in [-0.4, -0.2) is 46.7 Å². The largest absolute Gasteiger partial charge is 0.326 e. The number of carbonyl (C=O) groups excluding carboxylic acids is 3. The zero-order valence-electron chi connectivity index (χ0n) is 18.8. The fourth-order valence-electron chi connectivity index (χ4n) is 5.39. The highest BCUT2D eigenvalue weighted by atomic mass is 16.2. The van der Waals surface area contributed by atoms with E-state index in [1.807, 2.05) is 12.1 Å². The molecule has 172 valence electrons. The molecule has 7 heteroatoms. The van der Waals surface area contributed by atoms with E-state index in [0.717, 1.165) is 49.2 Å². The van der Waals surface area contributed by atoms with Crippen LogP contribution in [0.4, 0.5) is 0 Å². The number of benzene rings is 2. The summed E-state index contributed by atoms with van der Waals surface area (Å²) in [5, 5.41) is 2.37. The van der Waals surface area contributed by atoms with E-state index in [1.54, 1.807) is 4.90 Å². The lowest BCUT2D eigenvalue weighted by molar-refractivity contribution is -0.136. The number of likely N-dealkylation sites (tertiary alicyclic amines) is 1. The Hall–Kier alpha value is -3.03. The first-order valence-electron chi connectivity index (χ1n) is 11.8. The van der Waals surface area contributed by atoms with Crippen LogP contribution in [0.15, 0.2) is 42.5 Å². The first-order chi connectivity index (χ1) is 16.0. The maximum absolute atomic E-state index is 13.1. The van der Waals surface area contributed by atoms with Crippen LogP contribution in [0.1, 0.15) is 64.2 Å². The molecule has 3 aliphatic heterocycles. The van der Waals surface area contributed by atoms with Crippen molar-refractivity contribution in [1.29, 1.82) is 0 Å². The van der Waals surface area contributed by atoms with E-state index in [9.17, 15) is 14.4 Å². The van der Waals surface area contributed by atoms with Crippen molar-refractivity contribution in [3.8, 4) is 0 Å². The highest BCUT2D eigenvalue weighted by molar-refractivity contribution is 6.05. The van der Waals surface area contributed by atoms with Gasteiger partial charge in [-0.15, -0.1) is 0 Å². The molecule has 0 aliphatic carbocycles. The lowest BCUT2D eigenvalue weighted by atomic mass is 9.88. The SMILES string of the molecule is NCc1ccc(C2CCN(Cc3cccc4c3CN(C3CCC(=O)NC3=O)C4=O)CC2)cc1. The number of nitrogens with one attached hydrogen (secondary N) is 1. The summed E-state index contributed by atoms with van der Waals surface area (Å²) in [5.41, 5.74) is 11.1. The minimum atomic E-state index is -0.572. The van der Waals surface area contributed by atoms with E-state index in [1.165, 1.54) is 5.56 Å². The van der Waals surface area contributed by atoms with Gasteiger partial charge in [-0.3, -0.25) is 24.6 Å². The molecule has 2 fully saturated rings. The molecular formula is C26H30N4O3. The van der Waals surface area contributed by atoms with Crippen LogP contribution < -0.4 is 11.1 Å². The van der Waals surface area contributed by atoms with Gasteiger partial charge in [0, 0.05) is 31.6 Å². The van der Waals surface area contributed by atoms with Crippen molar-refractivity contribution in [1.82, 2.24) is 15.1 Å². The van der Waals surface area contributed by atoms with Crippen molar-refractivity contribution < 1.29 is 14.4 Å². The predicted octanol–water partition coefficient (Wildman–Crippen LogP) is 2.29. The molecule has 7 nitrogen and oxygen atoms in total. The summed E-state index contributed by atoms with van der Waals surface area (Å²) in [6.45, 7) is 3.83. The summed E-state index contributed by atoms with van der Waals surface area (Å²) < 4.78 is 0. The second-order valence-electron chi connectivity index (χ2n) is 9.34. The molecule has 0 spiro atoms. The van der Waals surface area contributed by atoms with Gasteiger partial charge in [0.2, 0.25) is 11.8 Å². The average molecular weight is 447 g/mol. The van der Waals surface area contributed by atoms with Gasteiger partial charge in [0.1, 0.15) is 6.04 Å². The Kier molecular flexibility index (Phi) is 6.00. The van der Waals surface area contributed by atoms with Gasteiger partial charge >= 0.3 is 0 Å². The molecule has 0 saturated carbocycles. The molecule has 0 aromatic heterocycles. The Morgan fingerprint density at radius 2 is 1.73 bits per heavy atom. The van der Waals surface area contributed by atoms with Gasteiger partial charge in [0.15, 0.2) is 0 Å². The molecule has 3 heterocycles. The van der Waals surface area contributed by atoms with E-state index in [4.69, 9.17) is 5.73 Å². The fourth-order valence-corrected chi connectivity index (χ4v) is 5.39.